The van der Waals surface area contributed by atoms with Crippen LogP contribution in [-0.4, -0.2) is 19.6 Å². The molecule has 24 heavy (non-hydrogen) atoms. The number of benzene rings is 2. The Bertz CT molecular complexity index is 624. The van der Waals surface area contributed by atoms with Crippen LogP contribution in [0.2, 0.25) is 5.02 Å². The predicted molar refractivity (Wildman–Crippen MR) is 99.5 cm³/mol. The first kappa shape index (κ1) is 17.3. The zero-order chi connectivity index (χ0) is 16.6. The third-order valence-corrected chi connectivity index (χ3v) is 4.69. The Morgan fingerprint density at radius 3 is 2.62 bits per heavy atom. The first-order valence-electron chi connectivity index (χ1n) is 8.67. The number of piperidine rings is 1. The Balaban J connectivity index is 1.45. The summed E-state index contributed by atoms with van der Waals surface area (Å²) >= 11 is 5.90. The van der Waals surface area contributed by atoms with E-state index in [0.717, 1.165) is 48.4 Å². The van der Waals surface area contributed by atoms with E-state index in [-0.39, 0.29) is 0 Å². The van der Waals surface area contributed by atoms with Gasteiger partial charge < -0.3 is 15.4 Å². The lowest BCUT2D eigenvalue weighted by molar-refractivity contribution is 0.305. The molecule has 2 N–H and O–H groups in total. The fraction of sp³-hybridized carbons (Fsp3) is 0.400. The molecular formula is C20H25ClN2O. The molecule has 2 aromatic carbocycles. The minimum absolute atomic E-state index is 0.559. The number of ether oxygens (including phenoxy) is 1. The molecule has 0 amide bonds. The molecule has 128 valence electrons. The van der Waals surface area contributed by atoms with Gasteiger partial charge in [0.05, 0.1) is 0 Å². The van der Waals surface area contributed by atoms with Gasteiger partial charge in [-0.1, -0.05) is 35.9 Å². The van der Waals surface area contributed by atoms with Gasteiger partial charge in [0.25, 0.3) is 0 Å². The molecule has 0 aromatic heterocycles. The molecular weight excluding hydrogens is 320 g/mol. The Kier molecular flexibility index (Phi) is 6.53. The molecule has 0 saturated carbocycles. The fourth-order valence-electron chi connectivity index (χ4n) is 3.00. The van der Waals surface area contributed by atoms with Crippen LogP contribution in [0.25, 0.3) is 0 Å². The van der Waals surface area contributed by atoms with E-state index in [9.17, 15) is 0 Å². The zero-order valence-electron chi connectivity index (χ0n) is 13.9. The highest BCUT2D eigenvalue weighted by Crippen LogP contribution is 2.17. The second-order valence-corrected chi connectivity index (χ2v) is 6.82. The lowest BCUT2D eigenvalue weighted by Gasteiger charge is -2.22. The highest BCUT2D eigenvalue weighted by molar-refractivity contribution is 6.30. The second kappa shape index (κ2) is 9.07. The highest BCUT2D eigenvalue weighted by Gasteiger charge is 2.12. The maximum absolute atomic E-state index is 5.90. The van der Waals surface area contributed by atoms with Gasteiger partial charge in [0.1, 0.15) is 12.4 Å². The normalized spacial score (nSPS) is 15.4. The summed E-state index contributed by atoms with van der Waals surface area (Å²) in [6, 6.07) is 16.1. The summed E-state index contributed by atoms with van der Waals surface area (Å²) in [5, 5.41) is 7.74. The molecule has 0 spiro atoms. The topological polar surface area (TPSA) is 33.3 Å². The van der Waals surface area contributed by atoms with E-state index in [1.165, 1.54) is 18.4 Å². The number of hydrogen-bond acceptors (Lipinski definition) is 3. The van der Waals surface area contributed by atoms with Gasteiger partial charge >= 0.3 is 0 Å². The predicted octanol–water partition coefficient (Wildman–Crippen LogP) is 4.01. The molecule has 2 aromatic rings. The van der Waals surface area contributed by atoms with Crippen LogP contribution in [-0.2, 0) is 13.2 Å². The summed E-state index contributed by atoms with van der Waals surface area (Å²) in [5.41, 5.74) is 2.38. The van der Waals surface area contributed by atoms with Crippen molar-refractivity contribution in [3.63, 3.8) is 0 Å². The number of nitrogens with one attached hydrogen (secondary N) is 2. The quantitative estimate of drug-likeness (QED) is 0.796. The molecule has 1 heterocycles. The summed E-state index contributed by atoms with van der Waals surface area (Å²) in [7, 11) is 0. The Hall–Kier alpha value is -1.55. The maximum atomic E-state index is 5.90. The van der Waals surface area contributed by atoms with Gasteiger partial charge in [0, 0.05) is 11.6 Å². The molecule has 0 unspecified atom stereocenters. The Morgan fingerprint density at radius 2 is 1.83 bits per heavy atom. The Labute approximate surface area is 149 Å². The SMILES string of the molecule is Clc1ccc(COc2cccc(CNCC3CCNCC3)c2)cc1. The van der Waals surface area contributed by atoms with E-state index in [2.05, 4.69) is 28.8 Å². The second-order valence-electron chi connectivity index (χ2n) is 6.39. The van der Waals surface area contributed by atoms with Gasteiger partial charge in [-0.15, -0.1) is 0 Å². The molecule has 3 rings (SSSR count). The van der Waals surface area contributed by atoms with E-state index in [1.807, 2.05) is 30.3 Å². The molecule has 0 bridgehead atoms. The molecule has 0 atom stereocenters. The van der Waals surface area contributed by atoms with Gasteiger partial charge in [0.2, 0.25) is 0 Å². The average molecular weight is 345 g/mol. The van der Waals surface area contributed by atoms with Crippen molar-refractivity contribution >= 4 is 11.6 Å². The van der Waals surface area contributed by atoms with Crippen LogP contribution >= 0.6 is 11.6 Å². The van der Waals surface area contributed by atoms with Crippen LogP contribution in [0.1, 0.15) is 24.0 Å². The van der Waals surface area contributed by atoms with Crippen molar-refractivity contribution < 1.29 is 4.74 Å². The van der Waals surface area contributed by atoms with Crippen molar-refractivity contribution in [1.29, 1.82) is 0 Å². The van der Waals surface area contributed by atoms with E-state index in [4.69, 9.17) is 16.3 Å². The van der Waals surface area contributed by atoms with E-state index >= 15 is 0 Å². The molecule has 1 saturated heterocycles. The molecule has 3 nitrogen and oxygen atoms in total. The van der Waals surface area contributed by atoms with Gasteiger partial charge in [-0.05, 0) is 73.8 Å². The van der Waals surface area contributed by atoms with Crippen LogP contribution in [0, 0.1) is 5.92 Å². The third-order valence-electron chi connectivity index (χ3n) is 4.44. The smallest absolute Gasteiger partial charge is 0.120 e. The van der Waals surface area contributed by atoms with E-state index in [1.54, 1.807) is 0 Å². The van der Waals surface area contributed by atoms with E-state index < -0.39 is 0 Å². The molecule has 0 aliphatic carbocycles. The lowest BCUT2D eigenvalue weighted by atomic mass is 9.98. The minimum atomic E-state index is 0.559. The van der Waals surface area contributed by atoms with Gasteiger partial charge in [-0.2, -0.15) is 0 Å². The van der Waals surface area contributed by atoms with Crippen LogP contribution in [0.4, 0.5) is 0 Å². The van der Waals surface area contributed by atoms with Crippen LogP contribution in [0.3, 0.4) is 0 Å². The summed E-state index contributed by atoms with van der Waals surface area (Å²) in [6.45, 7) is 4.85. The fourth-order valence-corrected chi connectivity index (χ4v) is 3.12. The van der Waals surface area contributed by atoms with Crippen LogP contribution in [0.5, 0.6) is 5.75 Å². The largest absolute Gasteiger partial charge is 0.489 e. The molecule has 1 fully saturated rings. The van der Waals surface area contributed by atoms with E-state index in [0.29, 0.717) is 6.61 Å². The first-order valence-corrected chi connectivity index (χ1v) is 9.05. The van der Waals surface area contributed by atoms with Gasteiger partial charge in [-0.25, -0.2) is 0 Å². The van der Waals surface area contributed by atoms with Crippen molar-refractivity contribution in [3.05, 3.63) is 64.7 Å². The number of halogens is 1. The van der Waals surface area contributed by atoms with Crippen molar-refractivity contribution in [3.8, 4) is 5.75 Å². The third kappa shape index (κ3) is 5.52. The monoisotopic (exact) mass is 344 g/mol. The molecule has 0 radical (unpaired) electrons. The molecule has 1 aliphatic rings. The number of rotatable bonds is 7. The van der Waals surface area contributed by atoms with Gasteiger partial charge in [-0.3, -0.25) is 0 Å². The van der Waals surface area contributed by atoms with Crippen LogP contribution in [0.15, 0.2) is 48.5 Å². The van der Waals surface area contributed by atoms with Crippen molar-refractivity contribution in [2.24, 2.45) is 5.92 Å². The zero-order valence-corrected chi connectivity index (χ0v) is 14.7. The summed E-state index contributed by atoms with van der Waals surface area (Å²) < 4.78 is 5.89. The number of hydrogen-bond donors (Lipinski definition) is 2. The van der Waals surface area contributed by atoms with Crippen LogP contribution < -0.4 is 15.4 Å². The maximum Gasteiger partial charge on any atom is 0.120 e. The van der Waals surface area contributed by atoms with Crippen molar-refractivity contribution in [2.45, 2.75) is 26.0 Å². The summed E-state index contributed by atoms with van der Waals surface area (Å²) in [6.07, 6.45) is 2.55. The highest BCUT2D eigenvalue weighted by atomic mass is 35.5. The Morgan fingerprint density at radius 1 is 1.04 bits per heavy atom. The summed E-state index contributed by atoms with van der Waals surface area (Å²) in [4.78, 5) is 0. The molecule has 4 heteroatoms. The van der Waals surface area contributed by atoms with Gasteiger partial charge in [0.15, 0.2) is 0 Å². The molecule has 1 aliphatic heterocycles. The first-order chi connectivity index (χ1) is 11.8. The lowest BCUT2D eigenvalue weighted by Crippen LogP contribution is -2.33. The standard InChI is InChI=1S/C20H25ClN2O/c21-19-6-4-17(5-7-19)15-24-20-3-1-2-18(12-20)14-23-13-16-8-10-22-11-9-16/h1-7,12,16,22-23H,8-11,13-15H2. The summed E-state index contributed by atoms with van der Waals surface area (Å²) in [5.74, 6) is 1.71. The minimum Gasteiger partial charge on any atom is -0.489 e. The average Bonchev–Trinajstić information content (AvgIpc) is 2.63. The van der Waals surface area contributed by atoms with Crippen molar-refractivity contribution in [1.82, 2.24) is 10.6 Å². The van der Waals surface area contributed by atoms with Crippen molar-refractivity contribution in [2.75, 3.05) is 19.6 Å².